The van der Waals surface area contributed by atoms with Crippen molar-refractivity contribution >= 4 is 5.91 Å². The van der Waals surface area contributed by atoms with Gasteiger partial charge in [0.1, 0.15) is 0 Å². The molecule has 0 saturated carbocycles. The highest BCUT2D eigenvalue weighted by Crippen LogP contribution is 2.38. The van der Waals surface area contributed by atoms with Crippen LogP contribution in [0, 0.1) is 5.41 Å². The fraction of sp³-hybridized carbons (Fsp3) is 0.650. The number of nitrogens with zero attached hydrogens (tertiary/aromatic N) is 2. The monoisotopic (exact) mass is 330 g/mol. The Morgan fingerprint density at radius 3 is 2.75 bits per heavy atom. The molecule has 1 amide bonds. The number of amides is 1. The summed E-state index contributed by atoms with van der Waals surface area (Å²) in [7, 11) is 1.77. The molecule has 1 atom stereocenters. The fourth-order valence-corrected chi connectivity index (χ4v) is 4.27. The topological polar surface area (TPSA) is 32.8 Å². The van der Waals surface area contributed by atoms with Gasteiger partial charge in [0, 0.05) is 45.1 Å². The molecule has 3 rings (SSSR count). The van der Waals surface area contributed by atoms with Crippen molar-refractivity contribution < 1.29 is 9.53 Å². The molecule has 2 aliphatic heterocycles. The Bertz CT molecular complexity index is 534. The van der Waals surface area contributed by atoms with E-state index in [4.69, 9.17) is 4.74 Å². The minimum Gasteiger partial charge on any atom is -0.383 e. The molecule has 1 aromatic rings. The van der Waals surface area contributed by atoms with Gasteiger partial charge < -0.3 is 14.5 Å². The van der Waals surface area contributed by atoms with Gasteiger partial charge in [0.25, 0.3) is 0 Å². The summed E-state index contributed by atoms with van der Waals surface area (Å²) in [5, 5.41) is 0. The summed E-state index contributed by atoms with van der Waals surface area (Å²) < 4.78 is 5.24. The first-order valence-electron chi connectivity index (χ1n) is 9.24. The first kappa shape index (κ1) is 17.4. The quantitative estimate of drug-likeness (QED) is 0.804. The van der Waals surface area contributed by atoms with Crippen LogP contribution in [0.3, 0.4) is 0 Å². The lowest BCUT2D eigenvalue weighted by Gasteiger charge is -2.48. The molecule has 0 unspecified atom stereocenters. The lowest BCUT2D eigenvalue weighted by molar-refractivity contribution is -0.139. The smallest absolute Gasteiger partial charge is 0.222 e. The predicted molar refractivity (Wildman–Crippen MR) is 95.9 cm³/mol. The molecule has 4 heteroatoms. The zero-order valence-electron chi connectivity index (χ0n) is 14.9. The molecule has 0 N–H and O–H groups in total. The molecule has 1 aromatic carbocycles. The van der Waals surface area contributed by atoms with Crippen LogP contribution in [-0.2, 0) is 16.0 Å². The van der Waals surface area contributed by atoms with E-state index in [1.807, 2.05) is 6.07 Å². The Balaban J connectivity index is 1.58. The Hall–Kier alpha value is -1.39. The van der Waals surface area contributed by atoms with Gasteiger partial charge >= 0.3 is 0 Å². The highest BCUT2D eigenvalue weighted by molar-refractivity contribution is 5.77. The third kappa shape index (κ3) is 4.37. The lowest BCUT2D eigenvalue weighted by atomic mass is 9.73. The van der Waals surface area contributed by atoms with Crippen molar-refractivity contribution in [3.8, 4) is 0 Å². The zero-order valence-corrected chi connectivity index (χ0v) is 14.9. The van der Waals surface area contributed by atoms with Crippen molar-refractivity contribution in [1.82, 2.24) is 9.80 Å². The number of rotatable bonds is 6. The first-order valence-corrected chi connectivity index (χ1v) is 9.24. The second-order valence-electron chi connectivity index (χ2n) is 7.42. The molecule has 2 aliphatic rings. The summed E-state index contributed by atoms with van der Waals surface area (Å²) in [6.07, 6.45) is 5.22. The van der Waals surface area contributed by atoms with Gasteiger partial charge in [-0.3, -0.25) is 4.79 Å². The average molecular weight is 330 g/mol. The molecule has 2 heterocycles. The highest BCUT2D eigenvalue weighted by Gasteiger charge is 2.41. The number of piperidine rings is 2. The van der Waals surface area contributed by atoms with E-state index in [1.165, 1.54) is 24.9 Å². The molecule has 0 aliphatic carbocycles. The maximum atomic E-state index is 12.4. The van der Waals surface area contributed by atoms with E-state index in [0.29, 0.717) is 17.7 Å². The van der Waals surface area contributed by atoms with Gasteiger partial charge in [0.15, 0.2) is 0 Å². The molecule has 2 fully saturated rings. The van der Waals surface area contributed by atoms with Crippen LogP contribution in [0.1, 0.15) is 31.2 Å². The van der Waals surface area contributed by atoms with Crippen molar-refractivity contribution in [2.75, 3.05) is 46.4 Å². The van der Waals surface area contributed by atoms with Crippen molar-refractivity contribution in [3.63, 3.8) is 0 Å². The van der Waals surface area contributed by atoms with Gasteiger partial charge in [-0.1, -0.05) is 30.3 Å². The van der Waals surface area contributed by atoms with Crippen molar-refractivity contribution in [3.05, 3.63) is 35.9 Å². The lowest BCUT2D eigenvalue weighted by Crippen LogP contribution is -2.54. The Labute approximate surface area is 145 Å². The second-order valence-corrected chi connectivity index (χ2v) is 7.42. The van der Waals surface area contributed by atoms with Gasteiger partial charge in [0.2, 0.25) is 5.91 Å². The van der Waals surface area contributed by atoms with Crippen LogP contribution in [0.2, 0.25) is 0 Å². The van der Waals surface area contributed by atoms with Crippen LogP contribution in [0.25, 0.3) is 0 Å². The SMILES string of the molecule is COCCN1CCC[C@]2(CCC(=O)N(CCc3ccccc3)C2)C1. The number of carbonyl (C=O) groups excluding carboxylic acids is 1. The van der Waals surface area contributed by atoms with Crippen LogP contribution in [0.4, 0.5) is 0 Å². The molecule has 24 heavy (non-hydrogen) atoms. The van der Waals surface area contributed by atoms with E-state index in [0.717, 1.165) is 45.6 Å². The van der Waals surface area contributed by atoms with Crippen molar-refractivity contribution in [1.29, 1.82) is 0 Å². The van der Waals surface area contributed by atoms with E-state index >= 15 is 0 Å². The summed E-state index contributed by atoms with van der Waals surface area (Å²) in [6, 6.07) is 10.5. The Morgan fingerprint density at radius 1 is 1.12 bits per heavy atom. The molecule has 0 radical (unpaired) electrons. The van der Waals surface area contributed by atoms with E-state index in [9.17, 15) is 4.79 Å². The van der Waals surface area contributed by atoms with Crippen LogP contribution < -0.4 is 0 Å². The van der Waals surface area contributed by atoms with Crippen molar-refractivity contribution in [2.24, 2.45) is 5.41 Å². The number of likely N-dealkylation sites (tertiary alicyclic amines) is 2. The Morgan fingerprint density at radius 2 is 1.96 bits per heavy atom. The minimum atomic E-state index is 0.302. The molecule has 4 nitrogen and oxygen atoms in total. The maximum Gasteiger partial charge on any atom is 0.222 e. The number of benzene rings is 1. The van der Waals surface area contributed by atoms with Gasteiger partial charge in [-0.2, -0.15) is 0 Å². The largest absolute Gasteiger partial charge is 0.383 e. The third-order valence-corrected chi connectivity index (χ3v) is 5.61. The van der Waals surface area contributed by atoms with Crippen LogP contribution in [-0.4, -0.2) is 62.1 Å². The van der Waals surface area contributed by atoms with E-state index in [-0.39, 0.29) is 0 Å². The molecule has 2 saturated heterocycles. The van der Waals surface area contributed by atoms with Crippen molar-refractivity contribution in [2.45, 2.75) is 32.1 Å². The average Bonchev–Trinajstić information content (AvgIpc) is 2.62. The first-order chi connectivity index (χ1) is 11.7. The van der Waals surface area contributed by atoms with Crippen LogP contribution in [0.5, 0.6) is 0 Å². The summed E-state index contributed by atoms with van der Waals surface area (Å²) in [4.78, 5) is 17.0. The predicted octanol–water partition coefficient (Wildman–Crippen LogP) is 2.58. The second kappa shape index (κ2) is 8.13. The number of hydrogen-bond acceptors (Lipinski definition) is 3. The highest BCUT2D eigenvalue weighted by atomic mass is 16.5. The maximum absolute atomic E-state index is 12.4. The van der Waals surface area contributed by atoms with Gasteiger partial charge in [-0.05, 0) is 37.8 Å². The van der Waals surface area contributed by atoms with E-state index in [2.05, 4.69) is 34.1 Å². The fourth-order valence-electron chi connectivity index (χ4n) is 4.27. The number of hydrogen-bond donors (Lipinski definition) is 0. The van der Waals surface area contributed by atoms with Gasteiger partial charge in [-0.25, -0.2) is 0 Å². The molecular formula is C20H30N2O2. The number of carbonyl (C=O) groups is 1. The van der Waals surface area contributed by atoms with Gasteiger partial charge in [-0.15, -0.1) is 0 Å². The Kier molecular flexibility index (Phi) is 5.90. The molecule has 0 aromatic heterocycles. The molecular weight excluding hydrogens is 300 g/mol. The van der Waals surface area contributed by atoms with Gasteiger partial charge in [0.05, 0.1) is 6.61 Å². The standard InChI is InChI=1S/C20H30N2O2/c1-24-15-14-21-12-5-10-20(16-21)11-8-19(23)22(17-20)13-9-18-6-3-2-4-7-18/h2-4,6-7H,5,8-17H2,1H3/t20-/m0/s1. The van der Waals surface area contributed by atoms with E-state index < -0.39 is 0 Å². The third-order valence-electron chi connectivity index (χ3n) is 5.61. The van der Waals surface area contributed by atoms with E-state index in [1.54, 1.807) is 7.11 Å². The number of ether oxygens (including phenoxy) is 1. The number of methoxy groups -OCH3 is 1. The zero-order chi connectivity index (χ0) is 16.8. The molecule has 132 valence electrons. The molecule has 0 bridgehead atoms. The van der Waals surface area contributed by atoms with Crippen LogP contribution in [0.15, 0.2) is 30.3 Å². The summed E-state index contributed by atoms with van der Waals surface area (Å²) in [5.41, 5.74) is 1.62. The normalized spacial score (nSPS) is 25.4. The molecule has 1 spiro atoms. The minimum absolute atomic E-state index is 0.302. The summed E-state index contributed by atoms with van der Waals surface area (Å²) in [5.74, 6) is 0.338. The summed E-state index contributed by atoms with van der Waals surface area (Å²) in [6.45, 7) is 5.88. The van der Waals surface area contributed by atoms with Crippen LogP contribution >= 0.6 is 0 Å². The summed E-state index contributed by atoms with van der Waals surface area (Å²) >= 11 is 0.